The predicted molar refractivity (Wildman–Crippen MR) is 117 cm³/mol. The number of piperazine rings is 1. The van der Waals surface area contributed by atoms with E-state index in [4.69, 9.17) is 0 Å². The van der Waals surface area contributed by atoms with Crippen LogP contribution in [0.5, 0.6) is 0 Å². The minimum absolute atomic E-state index is 0.254. The summed E-state index contributed by atoms with van der Waals surface area (Å²) in [6.45, 7) is 3.28. The van der Waals surface area contributed by atoms with Gasteiger partial charge in [0.1, 0.15) is 4.90 Å². The zero-order valence-corrected chi connectivity index (χ0v) is 18.5. The fraction of sp³-hybridized carbons (Fsp3) is 0.333. The van der Waals surface area contributed by atoms with Gasteiger partial charge >= 0.3 is 0 Å². The summed E-state index contributed by atoms with van der Waals surface area (Å²) in [6, 6.07) is 13.7. The molecule has 30 heavy (non-hydrogen) atoms. The van der Waals surface area contributed by atoms with E-state index in [-0.39, 0.29) is 4.90 Å². The van der Waals surface area contributed by atoms with E-state index in [0.29, 0.717) is 13.1 Å². The third kappa shape index (κ3) is 5.10. The van der Waals surface area contributed by atoms with E-state index in [2.05, 4.69) is 27.1 Å². The Kier molecular flexibility index (Phi) is 6.52. The first kappa shape index (κ1) is 21.0. The summed E-state index contributed by atoms with van der Waals surface area (Å²) in [5, 5.41) is 4.95. The van der Waals surface area contributed by atoms with Crippen molar-refractivity contribution >= 4 is 21.8 Å². The van der Waals surface area contributed by atoms with Gasteiger partial charge in [0.05, 0.1) is 11.2 Å². The van der Waals surface area contributed by atoms with Crippen molar-refractivity contribution in [1.82, 2.24) is 24.0 Å². The Morgan fingerprint density at radius 1 is 0.967 bits per heavy atom. The highest BCUT2D eigenvalue weighted by Crippen LogP contribution is 2.23. The summed E-state index contributed by atoms with van der Waals surface area (Å²) in [5.74, 6) is 0.746. The number of hydrogen-bond donors (Lipinski definition) is 0. The Bertz CT molecular complexity index is 1060. The molecule has 0 unspecified atom stereocenters. The molecule has 0 aliphatic carbocycles. The molecule has 9 heteroatoms. The standard InChI is InChI=1S/C21H25N5O2S2/c1-24-15-19(13-23-24)17-29-21-8-7-20(14-22-21)30(27,28)26-11-9-25(10-12-26)16-18-5-3-2-4-6-18/h2-8,13-15H,9-12,16-17H2,1H3. The molecule has 0 atom stereocenters. The summed E-state index contributed by atoms with van der Waals surface area (Å²) in [6.07, 6.45) is 5.25. The Hall–Kier alpha value is -2.20. The molecule has 4 rings (SSSR count). The van der Waals surface area contributed by atoms with Crippen molar-refractivity contribution in [2.45, 2.75) is 22.2 Å². The molecule has 1 aliphatic rings. The first-order valence-corrected chi connectivity index (χ1v) is 12.3. The van der Waals surface area contributed by atoms with Gasteiger partial charge in [-0.2, -0.15) is 9.40 Å². The summed E-state index contributed by atoms with van der Waals surface area (Å²) >= 11 is 1.56. The van der Waals surface area contributed by atoms with Crippen LogP contribution >= 0.6 is 11.8 Å². The lowest BCUT2D eigenvalue weighted by Crippen LogP contribution is -2.48. The number of benzene rings is 1. The van der Waals surface area contributed by atoms with Gasteiger partial charge in [-0.25, -0.2) is 13.4 Å². The van der Waals surface area contributed by atoms with Crippen LogP contribution in [0.3, 0.4) is 0 Å². The molecular weight excluding hydrogens is 418 g/mol. The van der Waals surface area contributed by atoms with Gasteiger partial charge in [0, 0.05) is 63.5 Å². The number of hydrogen-bond acceptors (Lipinski definition) is 6. The first-order valence-electron chi connectivity index (χ1n) is 9.83. The molecule has 1 aliphatic heterocycles. The number of sulfonamides is 1. The van der Waals surface area contributed by atoms with Crippen LogP contribution in [-0.2, 0) is 29.4 Å². The van der Waals surface area contributed by atoms with E-state index < -0.39 is 10.0 Å². The smallest absolute Gasteiger partial charge is 0.244 e. The van der Waals surface area contributed by atoms with Crippen LogP contribution in [0.4, 0.5) is 0 Å². The summed E-state index contributed by atoms with van der Waals surface area (Å²) in [4.78, 5) is 6.90. The topological polar surface area (TPSA) is 71.3 Å². The predicted octanol–water partition coefficient (Wildman–Crippen LogP) is 2.61. The first-order chi connectivity index (χ1) is 14.5. The van der Waals surface area contributed by atoms with Gasteiger partial charge in [-0.15, -0.1) is 11.8 Å². The SMILES string of the molecule is Cn1cc(CSc2ccc(S(=O)(=O)N3CCN(Cc4ccccc4)CC3)cn2)cn1. The Labute approximate surface area is 181 Å². The molecule has 0 radical (unpaired) electrons. The number of pyridine rings is 1. The van der Waals surface area contributed by atoms with E-state index in [1.165, 1.54) is 11.8 Å². The summed E-state index contributed by atoms with van der Waals surface area (Å²) in [7, 11) is -1.63. The van der Waals surface area contributed by atoms with Gasteiger partial charge in [0.25, 0.3) is 0 Å². The van der Waals surface area contributed by atoms with Crippen LogP contribution in [0.1, 0.15) is 11.1 Å². The van der Waals surface area contributed by atoms with Crippen molar-refractivity contribution in [3.63, 3.8) is 0 Å². The van der Waals surface area contributed by atoms with Crippen molar-refractivity contribution in [2.75, 3.05) is 26.2 Å². The van der Waals surface area contributed by atoms with E-state index in [1.54, 1.807) is 32.9 Å². The maximum Gasteiger partial charge on any atom is 0.244 e. The lowest BCUT2D eigenvalue weighted by Gasteiger charge is -2.33. The van der Waals surface area contributed by atoms with Crippen molar-refractivity contribution < 1.29 is 8.42 Å². The molecule has 0 spiro atoms. The molecule has 0 amide bonds. The molecule has 158 valence electrons. The van der Waals surface area contributed by atoms with Crippen LogP contribution in [0, 0.1) is 0 Å². The number of rotatable bonds is 7. The van der Waals surface area contributed by atoms with Crippen molar-refractivity contribution in [3.05, 3.63) is 72.2 Å². The zero-order valence-electron chi connectivity index (χ0n) is 16.9. The molecular formula is C21H25N5O2S2. The zero-order chi connectivity index (χ0) is 21.0. The van der Waals surface area contributed by atoms with Gasteiger partial charge in [-0.05, 0) is 17.7 Å². The van der Waals surface area contributed by atoms with Gasteiger partial charge in [-0.3, -0.25) is 9.58 Å². The second-order valence-corrected chi connectivity index (χ2v) is 10.2. The van der Waals surface area contributed by atoms with Crippen molar-refractivity contribution in [1.29, 1.82) is 0 Å². The minimum Gasteiger partial charge on any atom is -0.296 e. The molecule has 0 bridgehead atoms. The van der Waals surface area contributed by atoms with Gasteiger partial charge < -0.3 is 0 Å². The molecule has 0 saturated carbocycles. The largest absolute Gasteiger partial charge is 0.296 e. The fourth-order valence-corrected chi connectivity index (χ4v) is 5.55. The molecule has 1 saturated heterocycles. The Morgan fingerprint density at radius 2 is 1.73 bits per heavy atom. The van der Waals surface area contributed by atoms with Crippen LogP contribution in [0.2, 0.25) is 0 Å². The maximum atomic E-state index is 13.0. The van der Waals surface area contributed by atoms with Gasteiger partial charge in [0.15, 0.2) is 0 Å². The molecule has 2 aromatic heterocycles. The molecule has 0 N–H and O–H groups in total. The minimum atomic E-state index is -3.52. The summed E-state index contributed by atoms with van der Waals surface area (Å²) < 4.78 is 29.3. The van der Waals surface area contributed by atoms with Gasteiger partial charge in [0.2, 0.25) is 10.0 Å². The average molecular weight is 444 g/mol. The average Bonchev–Trinajstić information content (AvgIpc) is 3.19. The third-order valence-corrected chi connectivity index (χ3v) is 7.97. The lowest BCUT2D eigenvalue weighted by molar-refractivity contribution is 0.181. The van der Waals surface area contributed by atoms with Crippen LogP contribution in [0.25, 0.3) is 0 Å². The normalized spacial score (nSPS) is 16.0. The monoisotopic (exact) mass is 443 g/mol. The quantitative estimate of drug-likeness (QED) is 0.523. The highest BCUT2D eigenvalue weighted by atomic mass is 32.2. The molecule has 3 aromatic rings. The van der Waals surface area contributed by atoms with E-state index in [0.717, 1.165) is 36.0 Å². The third-order valence-electron chi connectivity index (χ3n) is 5.07. The second kappa shape index (κ2) is 9.30. The molecule has 3 heterocycles. The van der Waals surface area contributed by atoms with E-state index >= 15 is 0 Å². The number of thioether (sulfide) groups is 1. The number of aryl methyl sites for hydroxylation is 1. The van der Waals surface area contributed by atoms with Crippen molar-refractivity contribution in [3.8, 4) is 0 Å². The second-order valence-electron chi connectivity index (χ2n) is 7.31. The Balaban J connectivity index is 1.33. The van der Waals surface area contributed by atoms with Crippen LogP contribution in [0.15, 0.2) is 71.0 Å². The summed E-state index contributed by atoms with van der Waals surface area (Å²) in [5.41, 5.74) is 2.35. The Morgan fingerprint density at radius 3 is 2.37 bits per heavy atom. The molecule has 7 nitrogen and oxygen atoms in total. The maximum absolute atomic E-state index is 13.0. The lowest BCUT2D eigenvalue weighted by atomic mass is 10.2. The fourth-order valence-electron chi connectivity index (χ4n) is 3.43. The van der Waals surface area contributed by atoms with Gasteiger partial charge in [-0.1, -0.05) is 30.3 Å². The highest BCUT2D eigenvalue weighted by molar-refractivity contribution is 7.98. The van der Waals surface area contributed by atoms with E-state index in [1.807, 2.05) is 37.6 Å². The molecule has 1 aromatic carbocycles. The number of nitrogens with zero attached hydrogens (tertiary/aromatic N) is 5. The highest BCUT2D eigenvalue weighted by Gasteiger charge is 2.28. The van der Waals surface area contributed by atoms with Crippen LogP contribution in [-0.4, -0.2) is 58.6 Å². The van der Waals surface area contributed by atoms with Crippen molar-refractivity contribution in [2.24, 2.45) is 7.05 Å². The number of aromatic nitrogens is 3. The van der Waals surface area contributed by atoms with Crippen LogP contribution < -0.4 is 0 Å². The molecule has 1 fully saturated rings. The van der Waals surface area contributed by atoms with E-state index in [9.17, 15) is 8.42 Å².